The second kappa shape index (κ2) is 6.25. The van der Waals surface area contributed by atoms with Gasteiger partial charge in [0.15, 0.2) is 0 Å². The van der Waals surface area contributed by atoms with Gasteiger partial charge in [-0.1, -0.05) is 41.5 Å². The number of azide groups is 1. The average Bonchev–Trinajstić information content (AvgIpc) is 2.98. The van der Waals surface area contributed by atoms with E-state index < -0.39 is 24.3 Å². The van der Waals surface area contributed by atoms with Crippen LogP contribution < -0.4 is 0 Å². The Labute approximate surface area is 148 Å². The van der Waals surface area contributed by atoms with Crippen LogP contribution in [0.5, 0.6) is 0 Å². The summed E-state index contributed by atoms with van der Waals surface area (Å²) in [6.45, 7) is 0.102. The van der Waals surface area contributed by atoms with E-state index >= 15 is 0 Å². The summed E-state index contributed by atoms with van der Waals surface area (Å²) >= 11 is 0. The molecule has 1 aliphatic heterocycles. The summed E-state index contributed by atoms with van der Waals surface area (Å²) in [5, 5.41) is 26.0. The lowest BCUT2D eigenvalue weighted by Crippen LogP contribution is -2.53. The molecule has 8 heteroatoms. The number of aromatic nitrogens is 1. The van der Waals surface area contributed by atoms with Gasteiger partial charge in [-0.3, -0.25) is 0 Å². The number of para-hydroxylation sites is 2. The highest BCUT2D eigenvalue weighted by Gasteiger charge is 2.39. The van der Waals surface area contributed by atoms with Crippen LogP contribution in [-0.2, 0) is 0 Å². The van der Waals surface area contributed by atoms with Crippen molar-refractivity contribution >= 4 is 27.9 Å². The quantitative estimate of drug-likeness (QED) is 0.419. The first kappa shape index (κ1) is 16.3. The number of rotatable bonds is 2. The molecule has 3 unspecified atom stereocenters. The van der Waals surface area contributed by atoms with E-state index in [-0.39, 0.29) is 13.1 Å². The molecular weight excluding hydrogens is 334 g/mol. The number of aliphatic hydroxyl groups is 1. The third-order valence-corrected chi connectivity index (χ3v) is 5.02. The monoisotopic (exact) mass is 351 g/mol. The molecule has 1 fully saturated rings. The normalized spacial score (nSPS) is 23.1. The minimum atomic E-state index is -1.10. The van der Waals surface area contributed by atoms with Crippen LogP contribution in [-0.4, -0.2) is 51.0 Å². The predicted molar refractivity (Wildman–Crippen MR) is 97.0 cm³/mol. The van der Waals surface area contributed by atoms with E-state index in [1.807, 2.05) is 53.1 Å². The van der Waals surface area contributed by atoms with Crippen LogP contribution in [0.1, 0.15) is 6.04 Å². The van der Waals surface area contributed by atoms with Gasteiger partial charge in [0.25, 0.3) is 0 Å². The number of hydrogen-bond acceptors (Lipinski definition) is 3. The molecule has 8 nitrogen and oxygen atoms in total. The molecule has 0 bridgehead atoms. The van der Waals surface area contributed by atoms with Crippen LogP contribution in [0.15, 0.2) is 53.6 Å². The maximum Gasteiger partial charge on any atom is 0.407 e. The molecule has 0 spiro atoms. The number of carboxylic acid groups (broad SMARTS) is 1. The van der Waals surface area contributed by atoms with Crippen molar-refractivity contribution in [2.24, 2.45) is 5.11 Å². The van der Waals surface area contributed by atoms with Crippen LogP contribution in [0.25, 0.3) is 32.2 Å². The Balaban J connectivity index is 1.94. The molecule has 3 aromatic rings. The molecule has 2 heterocycles. The summed E-state index contributed by atoms with van der Waals surface area (Å²) < 4.78 is 1.96. The highest BCUT2D eigenvalue weighted by atomic mass is 16.4. The number of benzene rings is 2. The molecule has 1 aliphatic rings. The number of likely N-dealkylation sites (tertiary alicyclic amines) is 1. The second-order valence-corrected chi connectivity index (χ2v) is 6.42. The molecule has 132 valence electrons. The number of carbonyl (C=O) groups is 1. The van der Waals surface area contributed by atoms with Gasteiger partial charge in [-0.2, -0.15) is 0 Å². The van der Waals surface area contributed by atoms with Gasteiger partial charge in [-0.15, -0.1) is 0 Å². The molecule has 0 radical (unpaired) electrons. The van der Waals surface area contributed by atoms with Crippen LogP contribution in [0.2, 0.25) is 0 Å². The Bertz CT molecular complexity index is 986. The van der Waals surface area contributed by atoms with Crippen LogP contribution in [0.4, 0.5) is 4.79 Å². The Morgan fingerprint density at radius 3 is 2.19 bits per heavy atom. The van der Waals surface area contributed by atoms with Gasteiger partial charge < -0.3 is 19.7 Å². The first-order valence-corrected chi connectivity index (χ1v) is 8.29. The topological polar surface area (TPSA) is 114 Å². The first-order valence-electron chi connectivity index (χ1n) is 8.29. The van der Waals surface area contributed by atoms with E-state index in [4.69, 9.17) is 5.53 Å². The van der Waals surface area contributed by atoms with Gasteiger partial charge in [0.05, 0.1) is 18.2 Å². The number of hydrogen-bond donors (Lipinski definition) is 2. The zero-order valence-corrected chi connectivity index (χ0v) is 13.8. The number of piperidine rings is 1. The van der Waals surface area contributed by atoms with Crippen LogP contribution in [0.3, 0.4) is 0 Å². The van der Waals surface area contributed by atoms with E-state index in [2.05, 4.69) is 10.0 Å². The van der Waals surface area contributed by atoms with Gasteiger partial charge in [0, 0.05) is 39.8 Å². The van der Waals surface area contributed by atoms with Crippen molar-refractivity contribution in [3.05, 3.63) is 59.0 Å². The van der Waals surface area contributed by atoms with Crippen molar-refractivity contribution in [1.29, 1.82) is 0 Å². The summed E-state index contributed by atoms with van der Waals surface area (Å²) in [5.41, 5.74) is 10.6. The fourth-order valence-corrected chi connectivity index (χ4v) is 3.87. The summed E-state index contributed by atoms with van der Waals surface area (Å²) in [6, 6.07) is 14.2. The van der Waals surface area contributed by atoms with E-state index in [1.54, 1.807) is 0 Å². The van der Waals surface area contributed by atoms with Crippen LogP contribution >= 0.6 is 0 Å². The summed E-state index contributed by atoms with van der Waals surface area (Å²) in [4.78, 5) is 15.5. The Kier molecular flexibility index (Phi) is 3.91. The van der Waals surface area contributed by atoms with Crippen molar-refractivity contribution in [3.63, 3.8) is 0 Å². The minimum absolute atomic E-state index is 0.0196. The number of amides is 1. The van der Waals surface area contributed by atoms with Gasteiger partial charge >= 0.3 is 6.09 Å². The third kappa shape index (κ3) is 2.44. The predicted octanol–water partition coefficient (Wildman–Crippen LogP) is 3.37. The summed E-state index contributed by atoms with van der Waals surface area (Å²) in [6.07, 6.45) is -2.08. The highest BCUT2D eigenvalue weighted by molar-refractivity contribution is 6.08. The molecule has 2 aromatic carbocycles. The van der Waals surface area contributed by atoms with Crippen molar-refractivity contribution in [2.75, 3.05) is 13.1 Å². The van der Waals surface area contributed by atoms with Gasteiger partial charge in [-0.05, 0) is 17.7 Å². The van der Waals surface area contributed by atoms with Gasteiger partial charge in [0.2, 0.25) is 0 Å². The maximum absolute atomic E-state index is 11.6. The van der Waals surface area contributed by atoms with E-state index in [1.165, 1.54) is 4.90 Å². The zero-order valence-electron chi connectivity index (χ0n) is 13.8. The van der Waals surface area contributed by atoms with E-state index in [0.717, 1.165) is 21.8 Å². The standard InChI is InChI=1S/C18H17N5O3/c19-21-20-13-9-22(18(25)26)10-16(17(13)24)23-14-7-3-1-5-11(14)12-6-2-4-8-15(12)23/h1-8,13,16-17,24H,9-10H2,(H,25,26). The SMILES string of the molecule is [N-]=[N+]=NC1CN(C(=O)O)CC(n2c3ccccc3c3ccccc32)C1O. The number of fused-ring (bicyclic) bond motifs is 3. The van der Waals surface area contributed by atoms with Crippen molar-refractivity contribution in [3.8, 4) is 0 Å². The molecule has 2 N–H and O–H groups in total. The molecule has 0 aliphatic carbocycles. The second-order valence-electron chi connectivity index (χ2n) is 6.42. The highest BCUT2D eigenvalue weighted by Crippen LogP contribution is 2.35. The Morgan fingerprint density at radius 2 is 1.65 bits per heavy atom. The Morgan fingerprint density at radius 1 is 1.08 bits per heavy atom. The molecule has 4 rings (SSSR count). The minimum Gasteiger partial charge on any atom is -0.465 e. The van der Waals surface area contributed by atoms with Gasteiger partial charge in [-0.25, -0.2) is 4.79 Å². The average molecular weight is 351 g/mol. The lowest BCUT2D eigenvalue weighted by atomic mass is 9.97. The molecule has 1 amide bonds. The molecule has 1 saturated heterocycles. The van der Waals surface area contributed by atoms with Crippen molar-refractivity contribution < 1.29 is 15.0 Å². The Hall–Kier alpha value is -3.22. The van der Waals surface area contributed by atoms with Crippen LogP contribution in [0, 0.1) is 0 Å². The maximum atomic E-state index is 11.6. The van der Waals surface area contributed by atoms with E-state index in [9.17, 15) is 15.0 Å². The lowest BCUT2D eigenvalue weighted by Gasteiger charge is -2.39. The summed E-state index contributed by atoms with van der Waals surface area (Å²) in [7, 11) is 0. The fraction of sp³-hybridized carbons (Fsp3) is 0.278. The van der Waals surface area contributed by atoms with Crippen molar-refractivity contribution in [2.45, 2.75) is 18.2 Å². The van der Waals surface area contributed by atoms with Gasteiger partial charge in [0.1, 0.15) is 0 Å². The largest absolute Gasteiger partial charge is 0.465 e. The molecule has 1 aromatic heterocycles. The fourth-order valence-electron chi connectivity index (χ4n) is 3.87. The molecular formula is C18H17N5O3. The number of aliphatic hydroxyl groups excluding tert-OH is 1. The molecule has 0 saturated carbocycles. The third-order valence-electron chi connectivity index (χ3n) is 5.02. The first-order chi connectivity index (χ1) is 12.6. The number of nitrogens with zero attached hydrogens (tertiary/aromatic N) is 5. The molecule has 26 heavy (non-hydrogen) atoms. The summed E-state index contributed by atoms with van der Waals surface area (Å²) in [5.74, 6) is 0. The lowest BCUT2D eigenvalue weighted by molar-refractivity contribution is 0.0223. The van der Waals surface area contributed by atoms with Crippen molar-refractivity contribution in [1.82, 2.24) is 9.47 Å². The smallest absolute Gasteiger partial charge is 0.407 e. The van der Waals surface area contributed by atoms with E-state index in [0.29, 0.717) is 0 Å². The molecule has 3 atom stereocenters. The zero-order chi connectivity index (χ0) is 18.3.